The second-order valence-electron chi connectivity index (χ2n) is 0.369. The third-order valence-electron chi connectivity index (χ3n) is 0.126. The Labute approximate surface area is 37.8 Å². The van der Waals surface area contributed by atoms with E-state index in [4.69, 9.17) is 5.26 Å². The summed E-state index contributed by atoms with van der Waals surface area (Å²) >= 11 is 0.522. The minimum absolute atomic E-state index is 0.522. The zero-order chi connectivity index (χ0) is 4.83. The largest absolute Gasteiger partial charge is 0.419 e. The Hall–Kier alpha value is -0.780. The fraction of sp³-hybridized carbons (Fsp3) is 0. The minimum Gasteiger partial charge on any atom is -0.125 e. The molecule has 0 atom stereocenters. The predicted molar refractivity (Wildman–Crippen MR) is 21.5 cm³/mol. The zero-order valence-electron chi connectivity index (χ0n) is 2.68. The summed E-state index contributed by atoms with van der Waals surface area (Å²) in [7, 11) is 0. The van der Waals surface area contributed by atoms with Gasteiger partial charge in [0.1, 0.15) is 0 Å². The molecule has 2 nitrogen and oxygen atoms in total. The molecular formula is C2FN2S+. The van der Waals surface area contributed by atoms with Crippen LogP contribution in [0.1, 0.15) is 0 Å². The van der Waals surface area contributed by atoms with Crippen LogP contribution in [-0.2, 0) is 11.4 Å². The van der Waals surface area contributed by atoms with E-state index in [1.165, 1.54) is 0 Å². The molecule has 0 saturated carbocycles. The van der Waals surface area contributed by atoms with Crippen molar-refractivity contribution < 1.29 is 4.48 Å². The molecule has 0 radical (unpaired) electrons. The normalized spacial score (nSPS) is 4.67. The Morgan fingerprint density at radius 2 is 2.50 bits per heavy atom. The third-order valence-corrected chi connectivity index (χ3v) is 0.377. The molecule has 0 aromatic heterocycles. The van der Waals surface area contributed by atoms with E-state index in [-0.39, 0.29) is 0 Å². The molecule has 0 aliphatic carbocycles. The van der Waals surface area contributed by atoms with Gasteiger partial charge in [-0.25, -0.2) is 0 Å². The number of hydrogen-bond acceptors (Lipinski definition) is 2. The van der Waals surface area contributed by atoms with Gasteiger partial charge in [0.05, 0.1) is 0 Å². The maximum absolute atomic E-state index is 10.5. The number of hydrogen-bond donors (Lipinski definition) is 0. The average molecular weight is 103 g/mol. The summed E-state index contributed by atoms with van der Waals surface area (Å²) in [6.07, 6.45) is 0. The first-order valence-corrected chi connectivity index (χ1v) is 1.84. The first-order chi connectivity index (χ1) is 2.91. The lowest BCUT2D eigenvalue weighted by molar-refractivity contribution is 0.543. The molecule has 30 valence electrons. The van der Waals surface area contributed by atoms with E-state index in [9.17, 15) is 4.48 Å². The van der Waals surface area contributed by atoms with Gasteiger partial charge in [-0.3, -0.25) is 0 Å². The smallest absolute Gasteiger partial charge is 0.125 e. The number of nitrogens with zero attached hydrogens (tertiary/aromatic N) is 2. The van der Waals surface area contributed by atoms with Crippen molar-refractivity contribution in [3.8, 4) is 5.40 Å². The Kier molecular flexibility index (Phi) is 3.67. The fourth-order valence-corrected chi connectivity index (χ4v) is 0.113. The monoisotopic (exact) mass is 103 g/mol. The van der Waals surface area contributed by atoms with Crippen LogP contribution in [0.15, 0.2) is 5.21 Å². The maximum Gasteiger partial charge on any atom is 0.419 e. The van der Waals surface area contributed by atoms with Gasteiger partial charge in [-0.05, 0) is 0 Å². The molecule has 0 spiro atoms. The fourth-order valence-electron chi connectivity index (χ4n) is 0.0377. The maximum atomic E-state index is 10.5. The first-order valence-electron chi connectivity index (χ1n) is 1.02. The number of thiocyanates is 1. The standard InChI is InChI=1S/C2FN2S/c3-5-2-6-1-4/q+1. The molecule has 0 aliphatic heterocycles. The Bertz CT molecular complexity index is 118. The summed E-state index contributed by atoms with van der Waals surface area (Å²) in [5.41, 5.74) is 0. The molecule has 0 unspecified atom stereocenters. The number of isothiocyanates is 1. The third kappa shape index (κ3) is 3.22. The van der Waals surface area contributed by atoms with Crippen molar-refractivity contribution in [1.82, 2.24) is 0 Å². The van der Waals surface area contributed by atoms with E-state index in [0.717, 1.165) is 0 Å². The lowest BCUT2D eigenvalue weighted by atomic mass is 11.7. The first kappa shape index (κ1) is 5.22. The Balaban J connectivity index is 3.56. The summed E-state index contributed by atoms with van der Waals surface area (Å²) < 4.78 is 10.5. The van der Waals surface area contributed by atoms with E-state index in [1.54, 1.807) is 10.6 Å². The summed E-state index contributed by atoms with van der Waals surface area (Å²) in [6, 6.07) is 0. The second-order valence-corrected chi connectivity index (χ2v) is 0.938. The van der Waals surface area contributed by atoms with E-state index >= 15 is 0 Å². The average Bonchev–Trinajstić information content (AvgIpc) is 1.61. The lowest BCUT2D eigenvalue weighted by Gasteiger charge is -1.27. The van der Waals surface area contributed by atoms with Crippen molar-refractivity contribution in [2.24, 2.45) is 5.21 Å². The molecule has 0 amide bonds. The van der Waals surface area contributed by atoms with Gasteiger partial charge in [0, 0.05) is 5.21 Å². The molecule has 6 heavy (non-hydrogen) atoms. The summed E-state index contributed by atoms with van der Waals surface area (Å²) in [5, 5.41) is 12.8. The molecular weight excluding hydrogens is 103 g/mol. The van der Waals surface area contributed by atoms with Crippen molar-refractivity contribution in [3.63, 3.8) is 0 Å². The highest BCUT2D eigenvalue weighted by Crippen LogP contribution is 1.53. The highest BCUT2D eigenvalue weighted by molar-refractivity contribution is 7.81. The van der Waals surface area contributed by atoms with Crippen LogP contribution in [0.2, 0.25) is 0 Å². The van der Waals surface area contributed by atoms with Crippen LogP contribution in [0, 0.1) is 10.7 Å². The molecule has 0 saturated heterocycles. The van der Waals surface area contributed by atoms with Crippen molar-refractivity contribution in [1.29, 1.82) is 5.26 Å². The van der Waals surface area contributed by atoms with Crippen LogP contribution in [0.25, 0.3) is 0 Å². The van der Waals surface area contributed by atoms with Crippen LogP contribution in [0.3, 0.4) is 0 Å². The minimum atomic E-state index is 0.522. The Morgan fingerprint density at radius 3 is 2.67 bits per heavy atom. The van der Waals surface area contributed by atoms with E-state index in [0.29, 0.717) is 11.4 Å². The molecule has 0 aromatic rings. The molecule has 0 aromatic carbocycles. The summed E-state index contributed by atoms with van der Waals surface area (Å²) in [4.78, 5) is 0. The van der Waals surface area contributed by atoms with Crippen molar-refractivity contribution >= 4 is 16.5 Å². The van der Waals surface area contributed by atoms with Gasteiger partial charge in [-0.1, -0.05) is 4.48 Å². The highest BCUT2D eigenvalue weighted by atomic mass is 32.1. The summed E-state index contributed by atoms with van der Waals surface area (Å²) in [5.74, 6) is 0. The predicted octanol–water partition coefficient (Wildman–Crippen LogP) is 0.340. The number of halogens is 1. The van der Waals surface area contributed by atoms with Gasteiger partial charge in [0.25, 0.3) is 0 Å². The molecule has 0 N–H and O–H groups in total. The van der Waals surface area contributed by atoms with E-state index in [1.807, 2.05) is 5.21 Å². The van der Waals surface area contributed by atoms with Gasteiger partial charge in [0.2, 0.25) is 0 Å². The van der Waals surface area contributed by atoms with Gasteiger partial charge < -0.3 is 0 Å². The second kappa shape index (κ2) is 4.22. The van der Waals surface area contributed by atoms with Gasteiger partial charge in [0.15, 0.2) is 0 Å². The van der Waals surface area contributed by atoms with E-state index in [2.05, 4.69) is 0 Å². The quantitative estimate of drug-likeness (QED) is 0.188. The number of nitriles is 1. The highest BCUT2D eigenvalue weighted by Gasteiger charge is 1.76. The van der Waals surface area contributed by atoms with Crippen LogP contribution in [0.4, 0.5) is 4.48 Å². The molecule has 4 heteroatoms. The topological polar surface area (TPSA) is 36.1 Å². The van der Waals surface area contributed by atoms with Crippen LogP contribution < -0.4 is 0 Å². The molecule has 0 rings (SSSR count). The van der Waals surface area contributed by atoms with Gasteiger partial charge >= 0.3 is 21.9 Å². The van der Waals surface area contributed by atoms with E-state index < -0.39 is 0 Å². The number of rotatable bonds is 0. The van der Waals surface area contributed by atoms with Gasteiger partial charge in [-0.2, -0.15) is 0 Å². The molecule has 0 heterocycles. The zero-order valence-corrected chi connectivity index (χ0v) is 3.50. The lowest BCUT2D eigenvalue weighted by Crippen LogP contribution is -1.47. The van der Waals surface area contributed by atoms with Crippen molar-refractivity contribution in [2.75, 3.05) is 0 Å². The van der Waals surface area contributed by atoms with Crippen LogP contribution >= 0.6 is 0 Å². The molecule has 0 bridgehead atoms. The van der Waals surface area contributed by atoms with Crippen molar-refractivity contribution in [2.45, 2.75) is 0 Å². The SMILES string of the molecule is N#C[S+]=C=NF. The Morgan fingerprint density at radius 1 is 1.83 bits per heavy atom. The van der Waals surface area contributed by atoms with Crippen molar-refractivity contribution in [3.05, 3.63) is 0 Å². The van der Waals surface area contributed by atoms with Gasteiger partial charge in [-0.15, -0.1) is 5.26 Å². The summed E-state index contributed by atoms with van der Waals surface area (Å²) in [6.45, 7) is 0. The molecule has 0 aliphatic rings. The van der Waals surface area contributed by atoms with Crippen LogP contribution in [0.5, 0.6) is 0 Å². The van der Waals surface area contributed by atoms with Crippen LogP contribution in [-0.4, -0.2) is 5.16 Å². The molecule has 0 fully saturated rings.